The molecule has 1 N–H and O–H groups in total. The number of hydrogen-bond acceptors (Lipinski definition) is 5. The van der Waals surface area contributed by atoms with E-state index >= 15 is 0 Å². The Hall–Kier alpha value is -2.76. The van der Waals surface area contributed by atoms with Gasteiger partial charge in [-0.25, -0.2) is 0 Å². The highest BCUT2D eigenvalue weighted by Crippen LogP contribution is 2.21. The topological polar surface area (TPSA) is 70.5 Å². The number of aromatic nitrogens is 2. The number of carbonyl (C=O) groups excluding carboxylic acids is 1. The number of anilines is 1. The van der Waals surface area contributed by atoms with Crippen molar-refractivity contribution in [2.24, 2.45) is 5.10 Å². The molecule has 0 bridgehead atoms. The zero-order valence-corrected chi connectivity index (χ0v) is 14.8. The van der Waals surface area contributed by atoms with Crippen molar-refractivity contribution >= 4 is 17.4 Å². The zero-order chi connectivity index (χ0) is 17.8. The van der Waals surface area contributed by atoms with Gasteiger partial charge in [0.05, 0.1) is 5.69 Å². The van der Waals surface area contributed by atoms with Gasteiger partial charge in [0.15, 0.2) is 5.82 Å². The number of amides is 1. The van der Waals surface area contributed by atoms with Crippen LogP contribution < -0.4 is 5.43 Å². The fourth-order valence-electron chi connectivity index (χ4n) is 3.53. The van der Waals surface area contributed by atoms with E-state index in [-0.39, 0.29) is 5.91 Å². The van der Waals surface area contributed by atoms with Crippen LogP contribution in [0.25, 0.3) is 0 Å². The van der Waals surface area contributed by atoms with Crippen LogP contribution in [0.1, 0.15) is 53.7 Å². The van der Waals surface area contributed by atoms with E-state index in [9.17, 15) is 4.79 Å². The van der Waals surface area contributed by atoms with E-state index in [2.05, 4.69) is 20.7 Å². The van der Waals surface area contributed by atoms with E-state index in [0.29, 0.717) is 18.9 Å². The van der Waals surface area contributed by atoms with E-state index in [1.165, 1.54) is 25.0 Å². The molecule has 6 heteroatoms. The van der Waals surface area contributed by atoms with Gasteiger partial charge in [0.2, 0.25) is 0 Å². The standard InChI is InChI=1S/C20H23N5O/c26-20(15-7-3-1-4-8-15)25-12-11-18-16(14-25)13-19(24-22-18)23-21-17-9-5-2-6-10-17/h1,3-4,7-8,13H,2,5-6,9-12,14H2,(H,23,24). The summed E-state index contributed by atoms with van der Waals surface area (Å²) in [7, 11) is 0. The van der Waals surface area contributed by atoms with Crippen molar-refractivity contribution in [3.8, 4) is 0 Å². The van der Waals surface area contributed by atoms with Crippen molar-refractivity contribution in [1.82, 2.24) is 15.1 Å². The molecular weight excluding hydrogens is 326 g/mol. The lowest BCUT2D eigenvalue weighted by Crippen LogP contribution is -2.36. The molecule has 2 heterocycles. The Balaban J connectivity index is 1.46. The van der Waals surface area contributed by atoms with Crippen LogP contribution in [0, 0.1) is 0 Å². The van der Waals surface area contributed by atoms with E-state index < -0.39 is 0 Å². The van der Waals surface area contributed by atoms with Crippen LogP contribution >= 0.6 is 0 Å². The highest BCUT2D eigenvalue weighted by molar-refractivity contribution is 5.94. The average Bonchev–Trinajstić information content (AvgIpc) is 2.72. The van der Waals surface area contributed by atoms with Crippen molar-refractivity contribution < 1.29 is 4.79 Å². The lowest BCUT2D eigenvalue weighted by Gasteiger charge is -2.28. The summed E-state index contributed by atoms with van der Waals surface area (Å²) in [5.74, 6) is 0.709. The maximum absolute atomic E-state index is 12.7. The van der Waals surface area contributed by atoms with Gasteiger partial charge >= 0.3 is 0 Å². The highest BCUT2D eigenvalue weighted by Gasteiger charge is 2.23. The van der Waals surface area contributed by atoms with Gasteiger partial charge < -0.3 is 4.90 Å². The number of fused-ring (bicyclic) bond motifs is 1. The highest BCUT2D eigenvalue weighted by atomic mass is 16.2. The SMILES string of the molecule is O=C(c1ccccc1)N1CCc2nnc(NN=C3CCCCC3)cc2C1. The molecule has 1 aliphatic heterocycles. The maximum atomic E-state index is 12.7. The Kier molecular flexibility index (Phi) is 4.91. The number of hydrogen-bond donors (Lipinski definition) is 1. The Morgan fingerprint density at radius 1 is 1.04 bits per heavy atom. The molecule has 4 rings (SSSR count). The third-order valence-corrected chi connectivity index (χ3v) is 5.01. The van der Waals surface area contributed by atoms with Gasteiger partial charge in [0.25, 0.3) is 5.91 Å². The van der Waals surface area contributed by atoms with Crippen molar-refractivity contribution in [3.63, 3.8) is 0 Å². The third-order valence-electron chi connectivity index (χ3n) is 5.01. The molecule has 6 nitrogen and oxygen atoms in total. The molecular formula is C20H23N5O. The number of nitrogens with zero attached hydrogens (tertiary/aromatic N) is 4. The minimum atomic E-state index is 0.0602. The summed E-state index contributed by atoms with van der Waals surface area (Å²) in [6.07, 6.45) is 6.58. The van der Waals surface area contributed by atoms with Crippen LogP contribution in [-0.4, -0.2) is 33.3 Å². The number of rotatable bonds is 3. The van der Waals surface area contributed by atoms with Gasteiger partial charge in [-0.15, -0.1) is 5.10 Å². The molecule has 0 unspecified atom stereocenters. The summed E-state index contributed by atoms with van der Waals surface area (Å²) in [6.45, 7) is 1.23. The van der Waals surface area contributed by atoms with E-state index in [1.54, 1.807) is 0 Å². The van der Waals surface area contributed by atoms with Crippen LogP contribution in [0.5, 0.6) is 0 Å². The first-order chi connectivity index (χ1) is 12.8. The molecule has 1 amide bonds. The van der Waals surface area contributed by atoms with E-state index in [1.807, 2.05) is 41.3 Å². The Labute approximate surface area is 153 Å². The Bertz CT molecular complexity index is 810. The predicted octanol–water partition coefficient (Wildman–Crippen LogP) is 3.41. The minimum absolute atomic E-state index is 0.0602. The van der Waals surface area contributed by atoms with Gasteiger partial charge in [0.1, 0.15) is 0 Å². The Morgan fingerprint density at radius 3 is 2.65 bits per heavy atom. The monoisotopic (exact) mass is 349 g/mol. The second-order valence-electron chi connectivity index (χ2n) is 6.89. The van der Waals surface area contributed by atoms with Crippen molar-refractivity contribution in [2.45, 2.75) is 45.1 Å². The third kappa shape index (κ3) is 3.74. The van der Waals surface area contributed by atoms with Crippen molar-refractivity contribution in [2.75, 3.05) is 12.0 Å². The second kappa shape index (κ2) is 7.64. The molecule has 0 spiro atoms. The van der Waals surface area contributed by atoms with Crippen LogP contribution in [0.3, 0.4) is 0 Å². The molecule has 1 fully saturated rings. The first-order valence-corrected chi connectivity index (χ1v) is 9.31. The molecule has 1 aromatic carbocycles. The smallest absolute Gasteiger partial charge is 0.254 e. The van der Waals surface area contributed by atoms with Crippen LogP contribution in [0.15, 0.2) is 41.5 Å². The molecule has 1 saturated carbocycles. The minimum Gasteiger partial charge on any atom is -0.334 e. The molecule has 0 saturated heterocycles. The molecule has 1 aromatic heterocycles. The van der Waals surface area contributed by atoms with Crippen molar-refractivity contribution in [1.29, 1.82) is 0 Å². The van der Waals surface area contributed by atoms with Crippen LogP contribution in [0.2, 0.25) is 0 Å². The van der Waals surface area contributed by atoms with Gasteiger partial charge in [-0.3, -0.25) is 10.2 Å². The summed E-state index contributed by atoms with van der Waals surface area (Å²) < 4.78 is 0. The lowest BCUT2D eigenvalue weighted by molar-refractivity contribution is 0.0733. The number of hydrazone groups is 1. The summed E-state index contributed by atoms with van der Waals surface area (Å²) >= 11 is 0. The second-order valence-corrected chi connectivity index (χ2v) is 6.89. The molecule has 0 radical (unpaired) electrons. The van der Waals surface area contributed by atoms with Crippen LogP contribution in [0.4, 0.5) is 5.82 Å². The number of benzene rings is 1. The molecule has 2 aliphatic rings. The molecule has 0 atom stereocenters. The number of nitrogens with one attached hydrogen (secondary N) is 1. The van der Waals surface area contributed by atoms with Gasteiger partial charge in [-0.1, -0.05) is 24.6 Å². The normalized spacial score (nSPS) is 16.8. The summed E-state index contributed by atoms with van der Waals surface area (Å²) in [4.78, 5) is 14.6. The Morgan fingerprint density at radius 2 is 1.85 bits per heavy atom. The van der Waals surface area contributed by atoms with Crippen molar-refractivity contribution in [3.05, 3.63) is 53.2 Å². The molecule has 2 aromatic rings. The molecule has 1 aliphatic carbocycles. The fraction of sp³-hybridized carbons (Fsp3) is 0.400. The summed E-state index contributed by atoms with van der Waals surface area (Å²) in [6, 6.07) is 11.4. The first-order valence-electron chi connectivity index (χ1n) is 9.31. The lowest BCUT2D eigenvalue weighted by atomic mass is 9.99. The van der Waals surface area contributed by atoms with Crippen LogP contribution in [-0.2, 0) is 13.0 Å². The predicted molar refractivity (Wildman–Crippen MR) is 101 cm³/mol. The van der Waals surface area contributed by atoms with Gasteiger partial charge in [-0.05, 0) is 49.4 Å². The summed E-state index contributed by atoms with van der Waals surface area (Å²) in [5, 5.41) is 13.1. The fourth-order valence-corrected chi connectivity index (χ4v) is 3.53. The van der Waals surface area contributed by atoms with E-state index in [0.717, 1.165) is 36.1 Å². The molecule has 134 valence electrons. The average molecular weight is 349 g/mol. The quantitative estimate of drug-likeness (QED) is 0.862. The van der Waals surface area contributed by atoms with Gasteiger partial charge in [0, 0.05) is 30.8 Å². The van der Waals surface area contributed by atoms with E-state index in [4.69, 9.17) is 0 Å². The maximum Gasteiger partial charge on any atom is 0.254 e. The number of carbonyl (C=O) groups is 1. The largest absolute Gasteiger partial charge is 0.334 e. The molecule has 26 heavy (non-hydrogen) atoms. The summed E-state index contributed by atoms with van der Waals surface area (Å²) in [5.41, 5.74) is 6.99. The first kappa shape index (κ1) is 16.7. The zero-order valence-electron chi connectivity index (χ0n) is 14.8. The van der Waals surface area contributed by atoms with Gasteiger partial charge in [-0.2, -0.15) is 10.2 Å².